The molecule has 0 aromatic heterocycles. The summed E-state index contributed by atoms with van der Waals surface area (Å²) >= 11 is 11.9. The molecule has 4 heteroatoms. The molecule has 2 nitrogen and oxygen atoms in total. The fourth-order valence-electron chi connectivity index (χ4n) is 2.09. The lowest BCUT2D eigenvalue weighted by Gasteiger charge is -2.20. The lowest BCUT2D eigenvalue weighted by Crippen LogP contribution is -2.26. The molecule has 0 bridgehead atoms. The molecule has 0 atom stereocenters. The molecule has 0 radical (unpaired) electrons. The van der Waals surface area contributed by atoms with Crippen LogP contribution in [0.15, 0.2) is 42.5 Å². The van der Waals surface area contributed by atoms with Crippen LogP contribution in [-0.4, -0.2) is 19.4 Å². The molecule has 0 aliphatic heterocycles. The summed E-state index contributed by atoms with van der Waals surface area (Å²) in [4.78, 5) is 14.2. The van der Waals surface area contributed by atoms with Gasteiger partial charge in [0.1, 0.15) is 0 Å². The molecule has 0 amide bonds. The van der Waals surface area contributed by atoms with Gasteiger partial charge in [0.15, 0.2) is 5.78 Å². The highest BCUT2D eigenvalue weighted by molar-refractivity contribution is 6.36. The van der Waals surface area contributed by atoms with Crippen molar-refractivity contribution in [1.82, 2.24) is 0 Å². The maximum atomic E-state index is 12.3. The van der Waals surface area contributed by atoms with E-state index >= 15 is 0 Å². The van der Waals surface area contributed by atoms with Crippen LogP contribution < -0.4 is 4.90 Å². The minimum Gasteiger partial charge on any atom is -0.367 e. The minimum atomic E-state index is -0.0302. The van der Waals surface area contributed by atoms with Gasteiger partial charge in [-0.2, -0.15) is 0 Å². The number of rotatable bonds is 4. The summed E-state index contributed by atoms with van der Waals surface area (Å²) < 4.78 is 0. The largest absolute Gasteiger partial charge is 0.367 e. The van der Waals surface area contributed by atoms with E-state index in [0.717, 1.165) is 11.3 Å². The summed E-state index contributed by atoms with van der Waals surface area (Å²) in [6, 6.07) is 12.9. The van der Waals surface area contributed by atoms with Gasteiger partial charge < -0.3 is 4.90 Å². The number of benzene rings is 2. The first kappa shape index (κ1) is 14.9. The predicted octanol–water partition coefficient (Wildman–Crippen LogP) is 4.62. The minimum absolute atomic E-state index is 0.0302. The number of halogens is 2. The Balaban J connectivity index is 2.17. The van der Waals surface area contributed by atoms with Crippen molar-refractivity contribution in [1.29, 1.82) is 0 Å². The standard InChI is InChI=1S/C16H15Cl2NO/c1-11-5-3-4-6-15(11)19(2)10-16(20)13-8-7-12(17)9-14(13)18/h3-9H,10H2,1-2H3. The van der Waals surface area contributed by atoms with Crippen molar-refractivity contribution in [3.8, 4) is 0 Å². The number of hydrogen-bond donors (Lipinski definition) is 0. The van der Waals surface area contributed by atoms with E-state index in [9.17, 15) is 4.79 Å². The Hall–Kier alpha value is -1.51. The molecule has 2 rings (SSSR count). The Morgan fingerprint density at radius 2 is 1.85 bits per heavy atom. The van der Waals surface area contributed by atoms with Crippen LogP contribution in [0.3, 0.4) is 0 Å². The molecule has 104 valence electrons. The highest BCUT2D eigenvalue weighted by atomic mass is 35.5. The highest BCUT2D eigenvalue weighted by Crippen LogP contribution is 2.23. The Morgan fingerprint density at radius 3 is 2.50 bits per heavy atom. The number of aryl methyl sites for hydroxylation is 1. The first-order chi connectivity index (χ1) is 9.49. The van der Waals surface area contributed by atoms with Gasteiger partial charge in [0.05, 0.1) is 11.6 Å². The van der Waals surface area contributed by atoms with Gasteiger partial charge in [0, 0.05) is 23.3 Å². The van der Waals surface area contributed by atoms with E-state index in [2.05, 4.69) is 0 Å². The number of carbonyl (C=O) groups is 1. The maximum absolute atomic E-state index is 12.3. The van der Waals surface area contributed by atoms with Crippen molar-refractivity contribution < 1.29 is 4.79 Å². The number of carbonyl (C=O) groups excluding carboxylic acids is 1. The number of anilines is 1. The number of hydrogen-bond acceptors (Lipinski definition) is 2. The summed E-state index contributed by atoms with van der Waals surface area (Å²) in [5, 5.41) is 0.916. The van der Waals surface area contributed by atoms with E-state index < -0.39 is 0 Å². The third-order valence-corrected chi connectivity index (χ3v) is 3.69. The van der Waals surface area contributed by atoms with Gasteiger partial charge in [-0.05, 0) is 36.8 Å². The molecular formula is C16H15Cl2NO. The van der Waals surface area contributed by atoms with Gasteiger partial charge in [0.25, 0.3) is 0 Å². The lowest BCUT2D eigenvalue weighted by atomic mass is 10.1. The third kappa shape index (κ3) is 3.33. The van der Waals surface area contributed by atoms with Crippen molar-refractivity contribution in [2.24, 2.45) is 0 Å². The molecule has 0 aliphatic rings. The van der Waals surface area contributed by atoms with Crippen molar-refractivity contribution in [2.75, 3.05) is 18.5 Å². The topological polar surface area (TPSA) is 20.3 Å². The average molecular weight is 308 g/mol. The lowest BCUT2D eigenvalue weighted by molar-refractivity contribution is 0.100. The fraction of sp³-hybridized carbons (Fsp3) is 0.188. The number of likely N-dealkylation sites (N-methyl/N-ethyl adjacent to an activating group) is 1. The Bertz CT molecular complexity index is 640. The highest BCUT2D eigenvalue weighted by Gasteiger charge is 2.14. The van der Waals surface area contributed by atoms with Gasteiger partial charge in [-0.15, -0.1) is 0 Å². The SMILES string of the molecule is Cc1ccccc1N(C)CC(=O)c1ccc(Cl)cc1Cl. The van der Waals surface area contributed by atoms with Gasteiger partial charge >= 0.3 is 0 Å². The van der Waals surface area contributed by atoms with E-state index in [1.165, 1.54) is 0 Å². The Kier molecular flexibility index (Phi) is 4.69. The van der Waals surface area contributed by atoms with Gasteiger partial charge in [0.2, 0.25) is 0 Å². The average Bonchev–Trinajstić information content (AvgIpc) is 2.38. The van der Waals surface area contributed by atoms with Crippen LogP contribution >= 0.6 is 23.2 Å². The van der Waals surface area contributed by atoms with Crippen LogP contribution in [0.25, 0.3) is 0 Å². The zero-order chi connectivity index (χ0) is 14.7. The first-order valence-corrected chi connectivity index (χ1v) is 6.99. The molecule has 0 N–H and O–H groups in total. The number of ketones is 1. The Morgan fingerprint density at radius 1 is 1.15 bits per heavy atom. The van der Waals surface area contributed by atoms with Crippen LogP contribution in [0.2, 0.25) is 10.0 Å². The third-order valence-electron chi connectivity index (χ3n) is 3.14. The van der Waals surface area contributed by atoms with Gasteiger partial charge in [-0.1, -0.05) is 41.4 Å². The van der Waals surface area contributed by atoms with Crippen LogP contribution in [0.1, 0.15) is 15.9 Å². The van der Waals surface area contributed by atoms with Crippen LogP contribution in [0, 0.1) is 6.92 Å². The summed E-state index contributed by atoms with van der Waals surface area (Å²) in [7, 11) is 1.89. The molecule has 0 saturated heterocycles. The molecule has 0 fully saturated rings. The molecule has 0 spiro atoms. The smallest absolute Gasteiger partial charge is 0.183 e. The molecular weight excluding hydrogens is 293 g/mol. The van der Waals surface area contributed by atoms with Crippen LogP contribution in [0.4, 0.5) is 5.69 Å². The predicted molar refractivity (Wildman–Crippen MR) is 85.2 cm³/mol. The molecule has 0 saturated carbocycles. The molecule has 0 aliphatic carbocycles. The molecule has 0 unspecified atom stereocenters. The molecule has 0 heterocycles. The van der Waals surface area contributed by atoms with Crippen LogP contribution in [0.5, 0.6) is 0 Å². The second-order valence-corrected chi connectivity index (χ2v) is 5.53. The molecule has 20 heavy (non-hydrogen) atoms. The number of para-hydroxylation sites is 1. The summed E-state index contributed by atoms with van der Waals surface area (Å²) in [5.41, 5.74) is 2.66. The van der Waals surface area contributed by atoms with Crippen LogP contribution in [-0.2, 0) is 0 Å². The maximum Gasteiger partial charge on any atom is 0.183 e. The zero-order valence-corrected chi connectivity index (χ0v) is 12.9. The van der Waals surface area contributed by atoms with Crippen molar-refractivity contribution >= 4 is 34.7 Å². The van der Waals surface area contributed by atoms with E-state index in [-0.39, 0.29) is 12.3 Å². The van der Waals surface area contributed by atoms with E-state index in [0.29, 0.717) is 15.6 Å². The monoisotopic (exact) mass is 307 g/mol. The first-order valence-electron chi connectivity index (χ1n) is 6.24. The number of Topliss-reactive ketones (excluding diaryl/α,β-unsaturated/α-hetero) is 1. The van der Waals surface area contributed by atoms with E-state index in [4.69, 9.17) is 23.2 Å². The molecule has 2 aromatic rings. The summed E-state index contributed by atoms with van der Waals surface area (Å²) in [6.45, 7) is 2.29. The quantitative estimate of drug-likeness (QED) is 0.768. The van der Waals surface area contributed by atoms with E-state index in [1.807, 2.05) is 43.1 Å². The van der Waals surface area contributed by atoms with Crippen molar-refractivity contribution in [3.63, 3.8) is 0 Å². The normalized spacial score (nSPS) is 10.4. The zero-order valence-electron chi connectivity index (χ0n) is 11.4. The van der Waals surface area contributed by atoms with Crippen molar-refractivity contribution in [3.05, 3.63) is 63.6 Å². The summed E-state index contributed by atoms with van der Waals surface area (Å²) in [5.74, 6) is -0.0302. The van der Waals surface area contributed by atoms with Gasteiger partial charge in [-0.3, -0.25) is 4.79 Å². The van der Waals surface area contributed by atoms with Crippen molar-refractivity contribution in [2.45, 2.75) is 6.92 Å². The number of nitrogens with zero attached hydrogens (tertiary/aromatic N) is 1. The summed E-state index contributed by atoms with van der Waals surface area (Å²) in [6.07, 6.45) is 0. The fourth-order valence-corrected chi connectivity index (χ4v) is 2.61. The second kappa shape index (κ2) is 6.29. The molecule has 2 aromatic carbocycles. The van der Waals surface area contributed by atoms with Gasteiger partial charge in [-0.25, -0.2) is 0 Å². The van der Waals surface area contributed by atoms with E-state index in [1.54, 1.807) is 18.2 Å². The Labute approximate surface area is 128 Å². The second-order valence-electron chi connectivity index (χ2n) is 4.69.